The number of nitrogens with zero attached hydrogens (tertiary/aromatic N) is 5. The van der Waals surface area contributed by atoms with Gasteiger partial charge in [-0.1, -0.05) is 41.9 Å². The number of allylic oxidation sites excluding steroid dienone is 1. The van der Waals surface area contributed by atoms with E-state index in [2.05, 4.69) is 32.0 Å². The molecule has 0 bridgehead atoms. The average Bonchev–Trinajstić information content (AvgIpc) is 3.39. The first-order chi connectivity index (χ1) is 16.2. The summed E-state index contributed by atoms with van der Waals surface area (Å²) in [5, 5.41) is 4.48. The van der Waals surface area contributed by atoms with Crippen LogP contribution in [0.4, 0.5) is 5.82 Å². The largest absolute Gasteiger partial charge is 0.352 e. The molecule has 4 aromatic rings. The van der Waals surface area contributed by atoms with Crippen molar-refractivity contribution in [1.82, 2.24) is 19.9 Å². The Bertz CT molecular complexity index is 1330. The van der Waals surface area contributed by atoms with Crippen molar-refractivity contribution in [3.8, 4) is 21.7 Å². The van der Waals surface area contributed by atoms with E-state index in [4.69, 9.17) is 11.6 Å². The molecule has 0 radical (unpaired) electrons. The number of benzene rings is 2. The van der Waals surface area contributed by atoms with Crippen molar-refractivity contribution in [2.24, 2.45) is 0 Å². The molecular formula is C25H22ClN5OS. The molecule has 3 heterocycles. The normalized spacial score (nSPS) is 14.4. The van der Waals surface area contributed by atoms with Crippen molar-refractivity contribution in [2.45, 2.75) is 6.92 Å². The van der Waals surface area contributed by atoms with Gasteiger partial charge in [0.05, 0.1) is 5.52 Å². The summed E-state index contributed by atoms with van der Waals surface area (Å²) < 4.78 is 0. The van der Waals surface area contributed by atoms with Crippen molar-refractivity contribution in [3.63, 3.8) is 0 Å². The number of fused-ring (bicyclic) bond motifs is 1. The van der Waals surface area contributed by atoms with E-state index in [1.165, 1.54) is 0 Å². The summed E-state index contributed by atoms with van der Waals surface area (Å²) in [5.41, 5.74) is 3.82. The second-order valence-corrected chi connectivity index (χ2v) is 9.04. The topological polar surface area (TPSA) is 62.2 Å². The predicted molar refractivity (Wildman–Crippen MR) is 135 cm³/mol. The molecule has 0 N–H and O–H groups in total. The molecule has 0 atom stereocenters. The second-order valence-electron chi connectivity index (χ2n) is 7.74. The Morgan fingerprint density at radius 3 is 2.55 bits per heavy atom. The van der Waals surface area contributed by atoms with Crippen LogP contribution in [0.1, 0.15) is 6.92 Å². The van der Waals surface area contributed by atoms with Crippen LogP contribution >= 0.6 is 22.9 Å². The van der Waals surface area contributed by atoms with Crippen LogP contribution in [0, 0.1) is 0 Å². The maximum Gasteiger partial charge on any atom is 0.246 e. The minimum absolute atomic E-state index is 0.0521. The number of hydrogen-bond donors (Lipinski definition) is 0. The molecule has 166 valence electrons. The smallest absolute Gasteiger partial charge is 0.246 e. The summed E-state index contributed by atoms with van der Waals surface area (Å²) >= 11 is 8.43. The van der Waals surface area contributed by atoms with E-state index in [0.29, 0.717) is 31.2 Å². The van der Waals surface area contributed by atoms with Crippen LogP contribution in [0.2, 0.25) is 5.02 Å². The fourth-order valence-corrected chi connectivity index (χ4v) is 5.11. The molecule has 8 heteroatoms. The summed E-state index contributed by atoms with van der Waals surface area (Å²) in [6.45, 7) is 4.58. The second kappa shape index (κ2) is 9.29. The summed E-state index contributed by atoms with van der Waals surface area (Å²) in [6, 6.07) is 12.1. The first kappa shape index (κ1) is 21.6. The SMILES string of the molecule is C/C=C/C(=O)N1CCN(c2ncnc3cc(-c4ccccc4-c4nccs4)c(Cl)cc23)CC1. The fraction of sp³-hybridized carbons (Fsp3) is 0.200. The molecular weight excluding hydrogens is 454 g/mol. The standard InChI is InChI=1S/C25H22ClN5OS/c1-2-5-23(32)30-9-11-31(12-10-30)24-20-14-21(26)19(15-22(20)28-16-29-24)17-6-3-4-7-18(17)25-27-8-13-33-25/h2-8,13-16H,9-12H2,1H3/b5-2+. The first-order valence-electron chi connectivity index (χ1n) is 10.8. The Morgan fingerprint density at radius 1 is 1.03 bits per heavy atom. The van der Waals surface area contributed by atoms with Crippen molar-refractivity contribution < 1.29 is 4.79 Å². The van der Waals surface area contributed by atoms with Crippen molar-refractivity contribution in [2.75, 3.05) is 31.1 Å². The molecule has 6 nitrogen and oxygen atoms in total. The zero-order valence-corrected chi connectivity index (χ0v) is 19.7. The summed E-state index contributed by atoms with van der Waals surface area (Å²) in [7, 11) is 0. The van der Waals surface area contributed by atoms with E-state index in [-0.39, 0.29) is 5.91 Å². The van der Waals surface area contributed by atoms with E-state index >= 15 is 0 Å². The third-order valence-electron chi connectivity index (χ3n) is 5.78. The van der Waals surface area contributed by atoms with Gasteiger partial charge >= 0.3 is 0 Å². The van der Waals surface area contributed by atoms with Gasteiger partial charge < -0.3 is 9.80 Å². The number of rotatable bonds is 4. The summed E-state index contributed by atoms with van der Waals surface area (Å²) in [5.74, 6) is 0.899. The molecule has 33 heavy (non-hydrogen) atoms. The van der Waals surface area contributed by atoms with E-state index < -0.39 is 0 Å². The highest BCUT2D eigenvalue weighted by Crippen LogP contribution is 2.39. The monoisotopic (exact) mass is 475 g/mol. The van der Waals surface area contributed by atoms with Gasteiger partial charge in [-0.15, -0.1) is 11.3 Å². The Labute approximate surface area is 201 Å². The molecule has 0 spiro atoms. The van der Waals surface area contributed by atoms with Crippen molar-refractivity contribution in [3.05, 3.63) is 71.5 Å². The Balaban J connectivity index is 1.50. The Hall–Kier alpha value is -3.29. The number of carbonyl (C=O) groups is 1. The van der Waals surface area contributed by atoms with Crippen LogP contribution in [-0.2, 0) is 4.79 Å². The van der Waals surface area contributed by atoms with Gasteiger partial charge in [0.25, 0.3) is 0 Å². The molecule has 1 saturated heterocycles. The van der Waals surface area contributed by atoms with Crippen LogP contribution in [0.25, 0.3) is 32.6 Å². The number of aromatic nitrogens is 3. The number of halogens is 1. The minimum atomic E-state index is 0.0521. The van der Waals surface area contributed by atoms with Crippen LogP contribution in [0.3, 0.4) is 0 Å². The van der Waals surface area contributed by atoms with Gasteiger partial charge in [-0.2, -0.15) is 0 Å². The minimum Gasteiger partial charge on any atom is -0.352 e. The number of amides is 1. The van der Waals surface area contributed by atoms with Crippen LogP contribution < -0.4 is 4.90 Å². The molecule has 1 fully saturated rings. The Morgan fingerprint density at radius 2 is 1.82 bits per heavy atom. The Kier molecular flexibility index (Phi) is 6.07. The van der Waals surface area contributed by atoms with E-state index in [0.717, 1.165) is 38.4 Å². The van der Waals surface area contributed by atoms with Gasteiger partial charge in [-0.3, -0.25) is 4.79 Å². The first-order valence-corrected chi connectivity index (χ1v) is 12.0. The quantitative estimate of drug-likeness (QED) is 0.375. The average molecular weight is 476 g/mol. The predicted octanol–water partition coefficient (Wildman–Crippen LogP) is 5.30. The molecule has 0 aliphatic carbocycles. The molecule has 2 aromatic carbocycles. The summed E-state index contributed by atoms with van der Waals surface area (Å²) in [6.07, 6.45) is 6.79. The molecule has 0 saturated carbocycles. The lowest BCUT2D eigenvalue weighted by Crippen LogP contribution is -2.48. The van der Waals surface area contributed by atoms with Crippen LogP contribution in [-0.4, -0.2) is 51.9 Å². The van der Waals surface area contributed by atoms with Crippen LogP contribution in [0.15, 0.2) is 66.5 Å². The zero-order chi connectivity index (χ0) is 22.8. The van der Waals surface area contributed by atoms with E-state index in [1.54, 1.807) is 29.8 Å². The molecule has 1 aliphatic heterocycles. The maximum atomic E-state index is 12.2. The molecule has 1 aliphatic rings. The van der Waals surface area contributed by atoms with Gasteiger partial charge in [0.15, 0.2) is 0 Å². The van der Waals surface area contributed by atoms with Gasteiger partial charge in [0, 0.05) is 59.3 Å². The number of carbonyl (C=O) groups excluding carboxylic acids is 1. The molecule has 5 rings (SSSR count). The molecule has 2 aromatic heterocycles. The fourth-order valence-electron chi connectivity index (χ4n) is 4.17. The lowest BCUT2D eigenvalue weighted by atomic mass is 9.98. The van der Waals surface area contributed by atoms with Gasteiger partial charge in [0.2, 0.25) is 5.91 Å². The lowest BCUT2D eigenvalue weighted by molar-refractivity contribution is -0.126. The van der Waals surface area contributed by atoms with Gasteiger partial charge in [-0.05, 0) is 30.7 Å². The number of anilines is 1. The highest BCUT2D eigenvalue weighted by Gasteiger charge is 2.23. The van der Waals surface area contributed by atoms with E-state index in [9.17, 15) is 4.79 Å². The number of piperazine rings is 1. The van der Waals surface area contributed by atoms with Crippen molar-refractivity contribution in [1.29, 1.82) is 0 Å². The maximum absolute atomic E-state index is 12.2. The van der Waals surface area contributed by atoms with Crippen molar-refractivity contribution >= 4 is 45.6 Å². The van der Waals surface area contributed by atoms with E-state index in [1.807, 2.05) is 47.7 Å². The highest BCUT2D eigenvalue weighted by atomic mass is 35.5. The number of hydrogen-bond acceptors (Lipinski definition) is 6. The summed E-state index contributed by atoms with van der Waals surface area (Å²) in [4.78, 5) is 29.8. The van der Waals surface area contributed by atoms with Gasteiger partial charge in [0.1, 0.15) is 17.2 Å². The molecule has 0 unspecified atom stereocenters. The zero-order valence-electron chi connectivity index (χ0n) is 18.1. The lowest BCUT2D eigenvalue weighted by Gasteiger charge is -2.35. The third kappa shape index (κ3) is 4.21. The number of thiazole rings is 1. The third-order valence-corrected chi connectivity index (χ3v) is 6.90. The van der Waals surface area contributed by atoms with Gasteiger partial charge in [-0.25, -0.2) is 15.0 Å². The highest BCUT2D eigenvalue weighted by molar-refractivity contribution is 7.13. The van der Waals surface area contributed by atoms with Crippen LogP contribution in [0.5, 0.6) is 0 Å². The molecule has 1 amide bonds.